The Balaban J connectivity index is 2.01. The van der Waals surface area contributed by atoms with E-state index in [9.17, 15) is 0 Å². The van der Waals surface area contributed by atoms with E-state index in [0.717, 1.165) is 34.6 Å². The number of fused-ring (bicyclic) bond motifs is 1. The molecule has 4 heteroatoms. The van der Waals surface area contributed by atoms with Crippen molar-refractivity contribution in [2.45, 2.75) is 30.9 Å². The van der Waals surface area contributed by atoms with Gasteiger partial charge in [-0.2, -0.15) is 0 Å². The zero-order chi connectivity index (χ0) is 13.5. The minimum Gasteiger partial charge on any atom is -0.459 e. The number of hydrogen-bond acceptors (Lipinski definition) is 3. The third-order valence-electron chi connectivity index (χ3n) is 4.20. The first-order chi connectivity index (χ1) is 9.18. The Hall–Kier alpha value is -1.03. The molecule has 19 heavy (non-hydrogen) atoms. The van der Waals surface area contributed by atoms with Crippen molar-refractivity contribution in [3.63, 3.8) is 0 Å². The van der Waals surface area contributed by atoms with E-state index in [1.54, 1.807) is 7.11 Å². The molecule has 1 aliphatic rings. The highest BCUT2D eigenvalue weighted by atomic mass is 35.5. The second kappa shape index (κ2) is 4.82. The molecule has 0 amide bonds. The predicted octanol–water partition coefficient (Wildman–Crippen LogP) is 3.92. The van der Waals surface area contributed by atoms with Crippen molar-refractivity contribution in [3.05, 3.63) is 35.0 Å². The lowest BCUT2D eigenvalue weighted by atomic mass is 9.73. The first-order valence-corrected chi connectivity index (χ1v) is 6.98. The first kappa shape index (κ1) is 13.0. The maximum atomic E-state index is 6.02. The summed E-state index contributed by atoms with van der Waals surface area (Å²) in [5, 5.41) is 5.10. The molecule has 0 aliphatic heterocycles. The highest BCUT2D eigenvalue weighted by Crippen LogP contribution is 2.45. The maximum Gasteiger partial charge on any atom is 0.134 e. The van der Waals surface area contributed by atoms with Gasteiger partial charge in [0.05, 0.1) is 11.6 Å². The molecule has 3 nitrogen and oxygen atoms in total. The smallest absolute Gasteiger partial charge is 0.134 e. The molecular formula is C15H18ClNO2. The number of furan rings is 1. The lowest BCUT2D eigenvalue weighted by molar-refractivity contribution is -0.102. The van der Waals surface area contributed by atoms with Crippen LogP contribution in [-0.2, 0) is 4.74 Å². The van der Waals surface area contributed by atoms with Crippen LogP contribution >= 0.6 is 11.6 Å². The molecule has 0 radical (unpaired) electrons. The summed E-state index contributed by atoms with van der Waals surface area (Å²) in [5.41, 5.74) is 0.733. The summed E-state index contributed by atoms with van der Waals surface area (Å²) in [7, 11) is 3.73. The Labute approximate surface area is 117 Å². The van der Waals surface area contributed by atoms with Crippen LogP contribution in [0.3, 0.4) is 0 Å². The van der Waals surface area contributed by atoms with Crippen molar-refractivity contribution in [1.29, 1.82) is 0 Å². The molecular weight excluding hydrogens is 262 g/mol. The molecule has 102 valence electrons. The van der Waals surface area contributed by atoms with E-state index >= 15 is 0 Å². The van der Waals surface area contributed by atoms with Crippen LogP contribution in [0, 0.1) is 0 Å². The van der Waals surface area contributed by atoms with Crippen molar-refractivity contribution in [2.24, 2.45) is 0 Å². The van der Waals surface area contributed by atoms with Gasteiger partial charge in [0.15, 0.2) is 0 Å². The minimum atomic E-state index is -0.133. The number of benzene rings is 1. The monoisotopic (exact) mass is 279 g/mol. The number of rotatable bonds is 4. The van der Waals surface area contributed by atoms with E-state index in [-0.39, 0.29) is 11.6 Å². The van der Waals surface area contributed by atoms with Gasteiger partial charge in [0.1, 0.15) is 11.3 Å². The van der Waals surface area contributed by atoms with Crippen LogP contribution in [0.15, 0.2) is 28.7 Å². The molecule has 0 bridgehead atoms. The van der Waals surface area contributed by atoms with Crippen LogP contribution in [0.25, 0.3) is 11.0 Å². The fraction of sp³-hybridized carbons (Fsp3) is 0.467. The molecule has 1 unspecified atom stereocenters. The van der Waals surface area contributed by atoms with E-state index in [1.165, 1.54) is 6.42 Å². The van der Waals surface area contributed by atoms with E-state index in [2.05, 4.69) is 11.4 Å². The van der Waals surface area contributed by atoms with Gasteiger partial charge >= 0.3 is 0 Å². The fourth-order valence-electron chi connectivity index (χ4n) is 2.98. The van der Waals surface area contributed by atoms with Crippen LogP contribution in [-0.4, -0.2) is 19.8 Å². The van der Waals surface area contributed by atoms with Crippen molar-refractivity contribution in [2.75, 3.05) is 14.2 Å². The number of hydrogen-bond donors (Lipinski definition) is 1. The molecule has 1 aromatic carbocycles. The number of methoxy groups -OCH3 is 1. The Bertz CT molecular complexity index is 583. The Kier molecular flexibility index (Phi) is 3.29. The molecule has 1 atom stereocenters. The van der Waals surface area contributed by atoms with E-state index in [4.69, 9.17) is 20.8 Å². The summed E-state index contributed by atoms with van der Waals surface area (Å²) in [6, 6.07) is 7.82. The normalized spacial score (nSPS) is 19.3. The quantitative estimate of drug-likeness (QED) is 0.921. The van der Waals surface area contributed by atoms with Crippen molar-refractivity contribution < 1.29 is 9.15 Å². The summed E-state index contributed by atoms with van der Waals surface area (Å²) in [6.45, 7) is 0. The molecule has 0 saturated heterocycles. The second-order valence-corrected chi connectivity index (χ2v) is 5.61. The Morgan fingerprint density at radius 1 is 1.37 bits per heavy atom. The van der Waals surface area contributed by atoms with Gasteiger partial charge in [0.25, 0.3) is 0 Å². The van der Waals surface area contributed by atoms with Gasteiger partial charge < -0.3 is 14.5 Å². The summed E-state index contributed by atoms with van der Waals surface area (Å²) >= 11 is 6.02. The maximum absolute atomic E-state index is 6.02. The van der Waals surface area contributed by atoms with E-state index < -0.39 is 0 Å². The van der Waals surface area contributed by atoms with E-state index in [1.807, 2.05) is 25.2 Å². The topological polar surface area (TPSA) is 34.4 Å². The second-order valence-electron chi connectivity index (χ2n) is 5.18. The molecule has 1 aliphatic carbocycles. The number of ether oxygens (including phenoxy) is 1. The van der Waals surface area contributed by atoms with Crippen molar-refractivity contribution in [1.82, 2.24) is 5.32 Å². The van der Waals surface area contributed by atoms with Gasteiger partial charge in [-0.3, -0.25) is 0 Å². The summed E-state index contributed by atoms with van der Waals surface area (Å²) in [5.74, 6) is 0.918. The van der Waals surface area contributed by atoms with Crippen LogP contribution in [0.5, 0.6) is 0 Å². The largest absolute Gasteiger partial charge is 0.459 e. The molecule has 1 aromatic heterocycles. The van der Waals surface area contributed by atoms with Gasteiger partial charge in [-0.1, -0.05) is 11.6 Å². The lowest BCUT2D eigenvalue weighted by Crippen LogP contribution is -2.49. The minimum absolute atomic E-state index is 0.0809. The SMILES string of the molecule is CNC(c1cc2cc(Cl)ccc2o1)C1(OC)CCC1. The molecule has 1 heterocycles. The zero-order valence-corrected chi connectivity index (χ0v) is 12.0. The van der Waals surface area contributed by atoms with Crippen LogP contribution in [0.4, 0.5) is 0 Å². The van der Waals surface area contributed by atoms with Gasteiger partial charge in [-0.05, 0) is 50.6 Å². The highest BCUT2D eigenvalue weighted by molar-refractivity contribution is 6.31. The van der Waals surface area contributed by atoms with Crippen molar-refractivity contribution >= 4 is 22.6 Å². The lowest BCUT2D eigenvalue weighted by Gasteiger charge is -2.45. The molecule has 2 aromatic rings. The molecule has 1 fully saturated rings. The first-order valence-electron chi connectivity index (χ1n) is 6.60. The van der Waals surface area contributed by atoms with Gasteiger partial charge in [-0.25, -0.2) is 0 Å². The third-order valence-corrected chi connectivity index (χ3v) is 4.44. The predicted molar refractivity (Wildman–Crippen MR) is 76.6 cm³/mol. The Morgan fingerprint density at radius 3 is 2.74 bits per heavy atom. The molecule has 1 N–H and O–H groups in total. The molecule has 0 spiro atoms. The Morgan fingerprint density at radius 2 is 2.16 bits per heavy atom. The third kappa shape index (κ3) is 2.06. The standard InChI is InChI=1S/C15H18ClNO2/c1-17-14(15(18-2)6-3-7-15)13-9-10-8-11(16)4-5-12(10)19-13/h4-5,8-9,14,17H,3,6-7H2,1-2H3. The van der Waals surface area contributed by atoms with Gasteiger partial charge in [0.2, 0.25) is 0 Å². The summed E-state index contributed by atoms with van der Waals surface area (Å²) < 4.78 is 11.7. The average molecular weight is 280 g/mol. The summed E-state index contributed by atoms with van der Waals surface area (Å²) in [4.78, 5) is 0. The molecule has 1 saturated carbocycles. The zero-order valence-electron chi connectivity index (χ0n) is 11.2. The number of likely N-dealkylation sites (N-methyl/N-ethyl adjacent to an activating group) is 1. The van der Waals surface area contributed by atoms with E-state index in [0.29, 0.717) is 0 Å². The van der Waals surface area contributed by atoms with Gasteiger partial charge in [-0.15, -0.1) is 0 Å². The summed E-state index contributed by atoms with van der Waals surface area (Å²) in [6.07, 6.45) is 3.33. The van der Waals surface area contributed by atoms with Crippen LogP contribution in [0.1, 0.15) is 31.1 Å². The number of nitrogens with one attached hydrogen (secondary N) is 1. The highest BCUT2D eigenvalue weighted by Gasteiger charge is 2.46. The van der Waals surface area contributed by atoms with Crippen LogP contribution < -0.4 is 5.32 Å². The average Bonchev–Trinajstić information content (AvgIpc) is 2.75. The fourth-order valence-corrected chi connectivity index (χ4v) is 3.16. The number of halogens is 1. The van der Waals surface area contributed by atoms with Gasteiger partial charge in [0, 0.05) is 17.5 Å². The molecule has 3 rings (SSSR count). The van der Waals surface area contributed by atoms with Crippen molar-refractivity contribution in [3.8, 4) is 0 Å². The van der Waals surface area contributed by atoms with Crippen LogP contribution in [0.2, 0.25) is 5.02 Å².